The van der Waals surface area contributed by atoms with Gasteiger partial charge >= 0.3 is 6.09 Å². The van der Waals surface area contributed by atoms with E-state index in [9.17, 15) is 4.79 Å². The number of nitrogens with zero attached hydrogens (tertiary/aromatic N) is 2. The number of aryl methyl sites for hydroxylation is 1. The predicted octanol–water partition coefficient (Wildman–Crippen LogP) is 1.75. The van der Waals surface area contributed by atoms with Crippen molar-refractivity contribution >= 4 is 6.09 Å². The molecule has 2 heterocycles. The number of hydrogen-bond donors (Lipinski definition) is 1. The molecule has 1 atom stereocenters. The molecule has 1 saturated heterocycles. The van der Waals surface area contributed by atoms with Gasteiger partial charge in [0.25, 0.3) is 0 Å². The number of hydrogen-bond acceptors (Lipinski definition) is 3. The summed E-state index contributed by atoms with van der Waals surface area (Å²) in [7, 11) is 0. The van der Waals surface area contributed by atoms with Crippen LogP contribution in [0, 0.1) is 6.92 Å². The van der Waals surface area contributed by atoms with Crippen LogP contribution in [0.5, 0.6) is 0 Å². The van der Waals surface area contributed by atoms with Crippen molar-refractivity contribution in [2.24, 2.45) is 0 Å². The van der Waals surface area contributed by atoms with Gasteiger partial charge in [-0.15, -0.1) is 0 Å². The predicted molar refractivity (Wildman–Crippen MR) is 52.1 cm³/mol. The molecule has 0 aliphatic carbocycles. The van der Waals surface area contributed by atoms with Crippen LogP contribution >= 0.6 is 0 Å². The minimum absolute atomic E-state index is 0.226. The lowest BCUT2D eigenvalue weighted by atomic mass is 10.1. The van der Waals surface area contributed by atoms with Gasteiger partial charge in [0.05, 0.1) is 12.6 Å². The van der Waals surface area contributed by atoms with Crippen LogP contribution in [0.1, 0.15) is 23.7 Å². The number of aromatic nitrogens is 1. The number of carboxylic acid groups (broad SMARTS) is 1. The Labute approximate surface area is 87.3 Å². The van der Waals surface area contributed by atoms with Crippen LogP contribution < -0.4 is 0 Å². The zero-order valence-electron chi connectivity index (χ0n) is 8.38. The molecule has 5 nitrogen and oxygen atoms in total. The molecule has 1 aromatic rings. The summed E-state index contributed by atoms with van der Waals surface area (Å²) in [4.78, 5) is 20.0. The van der Waals surface area contributed by atoms with Gasteiger partial charge in [-0.1, -0.05) is 6.07 Å². The Morgan fingerprint density at radius 2 is 2.47 bits per heavy atom. The molecule has 0 spiro atoms. The first-order valence-corrected chi connectivity index (χ1v) is 4.76. The Kier molecular flexibility index (Phi) is 2.55. The SMILES string of the molecule is Cc1ccc([C@H]2CCON2C(=O)O)cn1. The van der Waals surface area contributed by atoms with Crippen molar-refractivity contribution in [3.63, 3.8) is 0 Å². The third-order valence-electron chi connectivity index (χ3n) is 2.41. The molecule has 0 saturated carbocycles. The molecule has 0 aromatic carbocycles. The fourth-order valence-corrected chi connectivity index (χ4v) is 1.64. The molecular weight excluding hydrogens is 196 g/mol. The van der Waals surface area contributed by atoms with Gasteiger partial charge in [-0.3, -0.25) is 9.82 Å². The molecule has 1 aromatic heterocycles. The highest BCUT2D eigenvalue weighted by molar-refractivity contribution is 5.64. The lowest BCUT2D eigenvalue weighted by molar-refractivity contribution is -0.104. The lowest BCUT2D eigenvalue weighted by Crippen LogP contribution is -2.27. The molecule has 0 unspecified atom stereocenters. The van der Waals surface area contributed by atoms with E-state index in [1.807, 2.05) is 19.1 Å². The van der Waals surface area contributed by atoms with Crippen molar-refractivity contribution in [2.45, 2.75) is 19.4 Å². The quantitative estimate of drug-likeness (QED) is 0.763. The summed E-state index contributed by atoms with van der Waals surface area (Å²) in [5.41, 5.74) is 1.79. The van der Waals surface area contributed by atoms with Gasteiger partial charge in [-0.25, -0.2) is 4.79 Å². The van der Waals surface area contributed by atoms with E-state index < -0.39 is 6.09 Å². The van der Waals surface area contributed by atoms with Crippen molar-refractivity contribution in [1.82, 2.24) is 10.0 Å². The van der Waals surface area contributed by atoms with E-state index in [1.165, 1.54) is 0 Å². The monoisotopic (exact) mass is 208 g/mol. The van der Waals surface area contributed by atoms with Crippen LogP contribution in [0.25, 0.3) is 0 Å². The van der Waals surface area contributed by atoms with Crippen LogP contribution in [0.2, 0.25) is 0 Å². The maximum Gasteiger partial charge on any atom is 0.432 e. The molecule has 15 heavy (non-hydrogen) atoms. The van der Waals surface area contributed by atoms with Crippen LogP contribution in [0.3, 0.4) is 0 Å². The summed E-state index contributed by atoms with van der Waals surface area (Å²) < 4.78 is 0. The molecule has 1 fully saturated rings. The second-order valence-electron chi connectivity index (χ2n) is 3.48. The number of pyridine rings is 1. The normalized spacial score (nSPS) is 20.6. The van der Waals surface area contributed by atoms with Gasteiger partial charge in [0.15, 0.2) is 0 Å². The topological polar surface area (TPSA) is 62.7 Å². The Bertz CT molecular complexity index is 363. The zero-order chi connectivity index (χ0) is 10.8. The minimum atomic E-state index is -1.06. The van der Waals surface area contributed by atoms with Gasteiger partial charge in [0, 0.05) is 18.3 Å². The van der Waals surface area contributed by atoms with Crippen LogP contribution in [-0.4, -0.2) is 27.9 Å². The molecular formula is C10H12N2O3. The number of rotatable bonds is 1. The number of carbonyl (C=O) groups is 1. The highest BCUT2D eigenvalue weighted by Gasteiger charge is 2.31. The first-order chi connectivity index (χ1) is 7.18. The highest BCUT2D eigenvalue weighted by Crippen LogP contribution is 2.29. The van der Waals surface area contributed by atoms with Crippen LogP contribution in [-0.2, 0) is 4.84 Å². The maximum atomic E-state index is 10.8. The first kappa shape index (κ1) is 9.92. The van der Waals surface area contributed by atoms with Crippen molar-refractivity contribution in [2.75, 3.05) is 6.61 Å². The Morgan fingerprint density at radius 1 is 1.67 bits per heavy atom. The standard InChI is InChI=1S/C10H12N2O3/c1-7-2-3-8(6-11-7)9-4-5-15-12(9)10(13)14/h2-3,6,9H,4-5H2,1H3,(H,13,14)/t9-/m1/s1. The molecule has 2 rings (SSSR count). The van der Waals surface area contributed by atoms with E-state index in [0.717, 1.165) is 16.3 Å². The second-order valence-corrected chi connectivity index (χ2v) is 3.48. The van der Waals surface area contributed by atoms with Gasteiger partial charge in [0.2, 0.25) is 0 Å². The fraction of sp³-hybridized carbons (Fsp3) is 0.400. The van der Waals surface area contributed by atoms with Gasteiger partial charge in [-0.05, 0) is 18.6 Å². The molecule has 80 valence electrons. The summed E-state index contributed by atoms with van der Waals surface area (Å²) in [5, 5.41) is 9.87. The van der Waals surface area contributed by atoms with Crippen molar-refractivity contribution < 1.29 is 14.7 Å². The van der Waals surface area contributed by atoms with E-state index in [2.05, 4.69) is 4.98 Å². The Hall–Kier alpha value is -1.62. The summed E-state index contributed by atoms with van der Waals surface area (Å²) in [6.07, 6.45) is 1.32. The average molecular weight is 208 g/mol. The van der Waals surface area contributed by atoms with E-state index in [-0.39, 0.29) is 6.04 Å². The van der Waals surface area contributed by atoms with Crippen LogP contribution in [0.15, 0.2) is 18.3 Å². The smallest absolute Gasteiger partial charge is 0.432 e. The largest absolute Gasteiger partial charge is 0.463 e. The molecule has 1 amide bonds. The van der Waals surface area contributed by atoms with Gasteiger partial charge in [0.1, 0.15) is 0 Å². The maximum absolute atomic E-state index is 10.8. The molecule has 0 bridgehead atoms. The second kappa shape index (κ2) is 3.86. The van der Waals surface area contributed by atoms with Gasteiger partial charge in [-0.2, -0.15) is 5.06 Å². The average Bonchev–Trinajstić information content (AvgIpc) is 2.67. The Balaban J connectivity index is 2.22. The van der Waals surface area contributed by atoms with Gasteiger partial charge < -0.3 is 5.11 Å². The molecule has 1 aliphatic rings. The molecule has 1 N–H and O–H groups in total. The molecule has 5 heteroatoms. The van der Waals surface area contributed by atoms with E-state index >= 15 is 0 Å². The Morgan fingerprint density at radius 3 is 3.07 bits per heavy atom. The highest BCUT2D eigenvalue weighted by atomic mass is 16.7. The third kappa shape index (κ3) is 1.92. The third-order valence-corrected chi connectivity index (χ3v) is 2.41. The first-order valence-electron chi connectivity index (χ1n) is 4.76. The number of amides is 1. The molecule has 0 radical (unpaired) electrons. The summed E-state index contributed by atoms with van der Waals surface area (Å²) >= 11 is 0. The molecule has 1 aliphatic heterocycles. The zero-order valence-corrected chi connectivity index (χ0v) is 8.38. The van der Waals surface area contributed by atoms with Crippen LogP contribution in [0.4, 0.5) is 4.79 Å². The lowest BCUT2D eigenvalue weighted by Gasteiger charge is -2.18. The fourth-order valence-electron chi connectivity index (χ4n) is 1.64. The summed E-state index contributed by atoms with van der Waals surface area (Å²) in [5.74, 6) is 0. The van der Waals surface area contributed by atoms with Crippen molar-refractivity contribution in [3.8, 4) is 0 Å². The van der Waals surface area contributed by atoms with E-state index in [4.69, 9.17) is 9.94 Å². The van der Waals surface area contributed by atoms with Crippen molar-refractivity contribution in [3.05, 3.63) is 29.6 Å². The number of hydroxylamine groups is 2. The van der Waals surface area contributed by atoms with E-state index in [0.29, 0.717) is 13.0 Å². The van der Waals surface area contributed by atoms with E-state index in [1.54, 1.807) is 6.20 Å². The minimum Gasteiger partial charge on any atom is -0.463 e. The van der Waals surface area contributed by atoms with Crippen molar-refractivity contribution in [1.29, 1.82) is 0 Å². The summed E-state index contributed by atoms with van der Waals surface area (Å²) in [6.45, 7) is 2.33. The summed E-state index contributed by atoms with van der Waals surface area (Å²) in [6, 6.07) is 3.53.